The van der Waals surface area contributed by atoms with Crippen LogP contribution in [-0.4, -0.2) is 12.5 Å². The van der Waals surface area contributed by atoms with Crippen molar-refractivity contribution in [3.8, 4) is 5.75 Å². The van der Waals surface area contributed by atoms with Crippen molar-refractivity contribution >= 4 is 5.91 Å². The molecule has 0 aliphatic rings. The molecule has 0 atom stereocenters. The van der Waals surface area contributed by atoms with Gasteiger partial charge in [-0.25, -0.2) is 0 Å². The monoisotopic (exact) mass is 267 g/mol. The van der Waals surface area contributed by atoms with Crippen LogP contribution in [0.4, 0.5) is 0 Å². The molecule has 0 saturated carbocycles. The zero-order chi connectivity index (χ0) is 14.2. The van der Waals surface area contributed by atoms with Gasteiger partial charge in [0, 0.05) is 12.1 Å². The normalized spacial score (nSPS) is 9.80. The molecule has 2 aromatic rings. The molecule has 3 heteroatoms. The first-order chi connectivity index (χ1) is 9.79. The second-order valence-electron chi connectivity index (χ2n) is 4.30. The molecule has 102 valence electrons. The summed E-state index contributed by atoms with van der Waals surface area (Å²) in [6, 6.07) is 17.0. The summed E-state index contributed by atoms with van der Waals surface area (Å²) in [6.07, 6.45) is 1.65. The Morgan fingerprint density at radius 2 is 1.80 bits per heavy atom. The molecule has 0 aromatic heterocycles. The van der Waals surface area contributed by atoms with Crippen LogP contribution in [-0.2, 0) is 6.61 Å². The molecule has 0 aliphatic heterocycles. The van der Waals surface area contributed by atoms with Crippen LogP contribution in [0.1, 0.15) is 15.9 Å². The van der Waals surface area contributed by atoms with Crippen LogP contribution in [0, 0.1) is 0 Å². The fraction of sp³-hybridized carbons (Fsp3) is 0.118. The smallest absolute Gasteiger partial charge is 0.251 e. The maximum Gasteiger partial charge on any atom is 0.251 e. The lowest BCUT2D eigenvalue weighted by Crippen LogP contribution is -2.23. The highest BCUT2D eigenvalue weighted by Crippen LogP contribution is 2.12. The molecule has 0 unspecified atom stereocenters. The average Bonchev–Trinajstić information content (AvgIpc) is 2.52. The third kappa shape index (κ3) is 3.99. The Labute approximate surface area is 118 Å². The van der Waals surface area contributed by atoms with Gasteiger partial charge in [-0.1, -0.05) is 36.4 Å². The Hall–Kier alpha value is -2.55. The molecule has 0 radical (unpaired) electrons. The molecule has 0 spiro atoms. The third-order valence-corrected chi connectivity index (χ3v) is 2.77. The van der Waals surface area contributed by atoms with Gasteiger partial charge >= 0.3 is 0 Å². The van der Waals surface area contributed by atoms with Gasteiger partial charge in [0.1, 0.15) is 12.4 Å². The Balaban J connectivity index is 1.91. The molecule has 0 fully saturated rings. The molecule has 1 N–H and O–H groups in total. The number of hydrogen-bond acceptors (Lipinski definition) is 2. The fourth-order valence-corrected chi connectivity index (χ4v) is 1.70. The van der Waals surface area contributed by atoms with Gasteiger partial charge in [-0.3, -0.25) is 4.79 Å². The number of hydrogen-bond donors (Lipinski definition) is 1. The summed E-state index contributed by atoms with van der Waals surface area (Å²) in [4.78, 5) is 11.7. The molecule has 0 aliphatic carbocycles. The second kappa shape index (κ2) is 7.14. The first-order valence-corrected chi connectivity index (χ1v) is 6.45. The van der Waals surface area contributed by atoms with Gasteiger partial charge in [-0.05, 0) is 29.8 Å². The fourth-order valence-electron chi connectivity index (χ4n) is 1.70. The van der Waals surface area contributed by atoms with E-state index in [0.717, 1.165) is 11.3 Å². The number of carbonyl (C=O) groups excluding carboxylic acids is 1. The number of ether oxygens (including phenoxy) is 1. The van der Waals surface area contributed by atoms with Crippen molar-refractivity contribution in [1.29, 1.82) is 0 Å². The number of nitrogens with one attached hydrogen (secondary N) is 1. The van der Waals surface area contributed by atoms with Crippen LogP contribution in [0.3, 0.4) is 0 Å². The van der Waals surface area contributed by atoms with Gasteiger partial charge in [0.15, 0.2) is 0 Å². The van der Waals surface area contributed by atoms with Gasteiger partial charge in [0.25, 0.3) is 5.91 Å². The molecule has 0 saturated heterocycles. The van der Waals surface area contributed by atoms with Gasteiger partial charge in [0.2, 0.25) is 0 Å². The predicted molar refractivity (Wildman–Crippen MR) is 79.7 cm³/mol. The van der Waals surface area contributed by atoms with Crippen molar-refractivity contribution in [3.63, 3.8) is 0 Å². The summed E-state index contributed by atoms with van der Waals surface area (Å²) in [5.74, 6) is 0.737. The van der Waals surface area contributed by atoms with E-state index in [0.29, 0.717) is 18.7 Å². The summed E-state index contributed by atoms with van der Waals surface area (Å²) in [5.41, 5.74) is 1.66. The maximum absolute atomic E-state index is 11.7. The number of rotatable bonds is 6. The van der Waals surface area contributed by atoms with Crippen molar-refractivity contribution < 1.29 is 9.53 Å². The van der Waals surface area contributed by atoms with E-state index in [-0.39, 0.29) is 5.91 Å². The lowest BCUT2D eigenvalue weighted by atomic mass is 10.1. The lowest BCUT2D eigenvalue weighted by Gasteiger charge is -2.07. The van der Waals surface area contributed by atoms with E-state index in [1.54, 1.807) is 18.2 Å². The van der Waals surface area contributed by atoms with E-state index in [1.165, 1.54) is 0 Å². The summed E-state index contributed by atoms with van der Waals surface area (Å²) in [6.45, 7) is 4.52. The Morgan fingerprint density at radius 1 is 1.10 bits per heavy atom. The van der Waals surface area contributed by atoms with Crippen molar-refractivity contribution in [2.75, 3.05) is 6.54 Å². The van der Waals surface area contributed by atoms with Crippen LogP contribution in [0.15, 0.2) is 67.3 Å². The van der Waals surface area contributed by atoms with Crippen molar-refractivity contribution in [1.82, 2.24) is 5.32 Å². The SMILES string of the molecule is C=CCNC(=O)c1ccc(COc2ccccc2)cc1. The molecular formula is C17H17NO2. The quantitative estimate of drug-likeness (QED) is 0.816. The summed E-state index contributed by atoms with van der Waals surface area (Å²) >= 11 is 0. The molecule has 1 amide bonds. The van der Waals surface area contributed by atoms with Gasteiger partial charge in [-0.15, -0.1) is 6.58 Å². The largest absolute Gasteiger partial charge is 0.489 e. The molecular weight excluding hydrogens is 250 g/mol. The topological polar surface area (TPSA) is 38.3 Å². The Kier molecular flexibility index (Phi) is 4.95. The Morgan fingerprint density at radius 3 is 2.45 bits per heavy atom. The number of carbonyl (C=O) groups is 1. The minimum absolute atomic E-state index is 0.0968. The van der Waals surface area contributed by atoms with Crippen LogP contribution >= 0.6 is 0 Å². The third-order valence-electron chi connectivity index (χ3n) is 2.77. The van der Waals surface area contributed by atoms with Gasteiger partial charge < -0.3 is 10.1 Å². The summed E-state index contributed by atoms with van der Waals surface area (Å²) in [5, 5.41) is 2.74. The van der Waals surface area contributed by atoms with Crippen molar-refractivity contribution in [3.05, 3.63) is 78.4 Å². The van der Waals surface area contributed by atoms with Gasteiger partial charge in [0.05, 0.1) is 0 Å². The van der Waals surface area contributed by atoms with Crippen LogP contribution in [0.25, 0.3) is 0 Å². The first kappa shape index (κ1) is 13.9. The molecule has 20 heavy (non-hydrogen) atoms. The Bertz CT molecular complexity index is 561. The number of para-hydroxylation sites is 1. The zero-order valence-electron chi connectivity index (χ0n) is 11.2. The van der Waals surface area contributed by atoms with E-state index in [9.17, 15) is 4.79 Å². The highest BCUT2D eigenvalue weighted by atomic mass is 16.5. The second-order valence-corrected chi connectivity index (χ2v) is 4.30. The van der Waals surface area contributed by atoms with Crippen LogP contribution in [0.5, 0.6) is 5.75 Å². The highest BCUT2D eigenvalue weighted by Gasteiger charge is 2.03. The van der Waals surface area contributed by atoms with E-state index >= 15 is 0 Å². The van der Waals surface area contributed by atoms with E-state index in [1.807, 2.05) is 42.5 Å². The maximum atomic E-state index is 11.7. The standard InChI is InChI=1S/C17H17NO2/c1-2-12-18-17(19)15-10-8-14(9-11-15)13-20-16-6-4-3-5-7-16/h2-11H,1,12-13H2,(H,18,19). The van der Waals surface area contributed by atoms with Gasteiger partial charge in [-0.2, -0.15) is 0 Å². The van der Waals surface area contributed by atoms with Crippen molar-refractivity contribution in [2.45, 2.75) is 6.61 Å². The number of amides is 1. The van der Waals surface area contributed by atoms with Crippen LogP contribution < -0.4 is 10.1 Å². The average molecular weight is 267 g/mol. The van der Waals surface area contributed by atoms with Crippen LogP contribution in [0.2, 0.25) is 0 Å². The van der Waals surface area contributed by atoms with Crippen molar-refractivity contribution in [2.24, 2.45) is 0 Å². The summed E-state index contributed by atoms with van der Waals surface area (Å²) < 4.78 is 5.64. The zero-order valence-corrected chi connectivity index (χ0v) is 11.2. The molecule has 2 rings (SSSR count). The van der Waals surface area contributed by atoms with E-state index < -0.39 is 0 Å². The minimum Gasteiger partial charge on any atom is -0.489 e. The predicted octanol–water partition coefficient (Wildman–Crippen LogP) is 3.18. The molecule has 2 aromatic carbocycles. The molecule has 0 heterocycles. The summed E-state index contributed by atoms with van der Waals surface area (Å²) in [7, 11) is 0. The number of benzene rings is 2. The first-order valence-electron chi connectivity index (χ1n) is 6.45. The van der Waals surface area contributed by atoms with E-state index in [4.69, 9.17) is 4.74 Å². The minimum atomic E-state index is -0.0968. The van der Waals surface area contributed by atoms with E-state index in [2.05, 4.69) is 11.9 Å². The highest BCUT2D eigenvalue weighted by molar-refractivity contribution is 5.94. The lowest BCUT2D eigenvalue weighted by molar-refractivity contribution is 0.0958. The molecule has 0 bridgehead atoms. The molecule has 3 nitrogen and oxygen atoms in total.